The van der Waals surface area contributed by atoms with E-state index in [0.717, 1.165) is 12.8 Å². The Morgan fingerprint density at radius 3 is 2.74 bits per heavy atom. The number of rotatable bonds is 5. The van der Waals surface area contributed by atoms with Crippen molar-refractivity contribution in [3.63, 3.8) is 0 Å². The summed E-state index contributed by atoms with van der Waals surface area (Å²) in [5.41, 5.74) is 2.51. The van der Waals surface area contributed by atoms with Gasteiger partial charge in [-0.25, -0.2) is 0 Å². The van der Waals surface area contributed by atoms with Crippen LogP contribution in [0.1, 0.15) is 32.1 Å². The van der Waals surface area contributed by atoms with Gasteiger partial charge in [-0.1, -0.05) is 50.4 Å². The van der Waals surface area contributed by atoms with E-state index in [1.807, 2.05) is 12.2 Å². The molecule has 1 rings (SSSR count). The standard InChI is InChI=1S/C19H28O3Si/c1-6-7-8-9-10-16-15-17(20)11-12-19(16,18(21)22-2)13-14-23(3,4)5/h6-8,16H,1,9-12,15H2,2-5H3/b8-7+/t16-,19+/m1/s1. The third-order valence-electron chi connectivity index (χ3n) is 4.13. The van der Waals surface area contributed by atoms with E-state index in [0.29, 0.717) is 19.3 Å². The molecule has 0 amide bonds. The Morgan fingerprint density at radius 2 is 2.17 bits per heavy atom. The Morgan fingerprint density at radius 1 is 1.48 bits per heavy atom. The largest absolute Gasteiger partial charge is 0.468 e. The first kappa shape index (κ1) is 19.4. The van der Waals surface area contributed by atoms with Gasteiger partial charge >= 0.3 is 5.97 Å². The van der Waals surface area contributed by atoms with Gasteiger partial charge in [-0.3, -0.25) is 9.59 Å². The molecule has 3 nitrogen and oxygen atoms in total. The lowest BCUT2D eigenvalue weighted by Crippen LogP contribution is -2.43. The summed E-state index contributed by atoms with van der Waals surface area (Å²) in [4.78, 5) is 24.5. The van der Waals surface area contributed by atoms with Gasteiger partial charge in [0.05, 0.1) is 7.11 Å². The minimum absolute atomic E-state index is 0.0745. The topological polar surface area (TPSA) is 43.4 Å². The van der Waals surface area contributed by atoms with Gasteiger partial charge in [-0.05, 0) is 25.2 Å². The predicted octanol–water partition coefficient (Wildman–Crippen LogP) is 3.92. The van der Waals surface area contributed by atoms with E-state index < -0.39 is 13.5 Å². The zero-order chi connectivity index (χ0) is 17.5. The molecule has 1 fully saturated rings. The lowest BCUT2D eigenvalue weighted by Gasteiger charge is -2.37. The molecule has 126 valence electrons. The minimum atomic E-state index is -1.62. The van der Waals surface area contributed by atoms with Crippen LogP contribution in [-0.2, 0) is 14.3 Å². The van der Waals surface area contributed by atoms with Crippen LogP contribution >= 0.6 is 0 Å². The molecule has 23 heavy (non-hydrogen) atoms. The molecule has 0 bridgehead atoms. The van der Waals surface area contributed by atoms with Crippen LogP contribution in [0.2, 0.25) is 19.6 Å². The third kappa shape index (κ3) is 5.51. The highest BCUT2D eigenvalue weighted by Gasteiger charge is 2.48. The molecule has 0 spiro atoms. The summed E-state index contributed by atoms with van der Waals surface area (Å²) in [6, 6.07) is 0. The minimum Gasteiger partial charge on any atom is -0.468 e. The van der Waals surface area contributed by atoms with E-state index in [4.69, 9.17) is 4.74 Å². The van der Waals surface area contributed by atoms with Gasteiger partial charge in [0.25, 0.3) is 0 Å². The molecule has 0 heterocycles. The van der Waals surface area contributed by atoms with E-state index in [2.05, 4.69) is 37.7 Å². The van der Waals surface area contributed by atoms with Crippen molar-refractivity contribution < 1.29 is 14.3 Å². The van der Waals surface area contributed by atoms with E-state index in [-0.39, 0.29) is 17.7 Å². The van der Waals surface area contributed by atoms with Crippen molar-refractivity contribution in [2.24, 2.45) is 11.3 Å². The molecule has 4 heteroatoms. The smallest absolute Gasteiger partial charge is 0.324 e. The van der Waals surface area contributed by atoms with Crippen molar-refractivity contribution in [1.82, 2.24) is 0 Å². The molecule has 0 aromatic heterocycles. The Balaban J connectivity index is 3.16. The molecule has 0 N–H and O–H groups in total. The molecule has 0 aromatic carbocycles. The Hall–Kier alpha value is -1.60. The zero-order valence-electron chi connectivity index (χ0n) is 14.8. The first-order valence-electron chi connectivity index (χ1n) is 8.17. The molecule has 1 saturated carbocycles. The summed E-state index contributed by atoms with van der Waals surface area (Å²) in [6.45, 7) is 10.1. The zero-order valence-corrected chi connectivity index (χ0v) is 15.8. The summed E-state index contributed by atoms with van der Waals surface area (Å²) >= 11 is 0. The molecule has 0 radical (unpaired) electrons. The van der Waals surface area contributed by atoms with Crippen molar-refractivity contribution >= 4 is 19.8 Å². The molecule has 0 unspecified atom stereocenters. The molecule has 2 atom stereocenters. The number of methoxy groups -OCH3 is 1. The maximum atomic E-state index is 12.6. The molecule has 1 aliphatic carbocycles. The van der Waals surface area contributed by atoms with Crippen LogP contribution < -0.4 is 0 Å². The molecular weight excluding hydrogens is 304 g/mol. The number of carbonyl (C=O) groups is 2. The number of esters is 1. The number of carbonyl (C=O) groups excluding carboxylic acids is 2. The summed E-state index contributed by atoms with van der Waals surface area (Å²) in [5.74, 6) is 3.14. The van der Waals surface area contributed by atoms with Crippen LogP contribution in [-0.4, -0.2) is 26.9 Å². The summed E-state index contributed by atoms with van der Waals surface area (Å²) in [7, 11) is -0.210. The Bertz CT molecular complexity index is 545. The van der Waals surface area contributed by atoms with Crippen molar-refractivity contribution in [2.75, 3.05) is 7.11 Å². The summed E-state index contributed by atoms with van der Waals surface area (Å²) in [6.07, 6.45) is 8.49. The average molecular weight is 333 g/mol. The fraction of sp³-hybridized carbons (Fsp3) is 0.579. The Labute approximate surface area is 141 Å². The summed E-state index contributed by atoms with van der Waals surface area (Å²) < 4.78 is 5.08. The second-order valence-electron chi connectivity index (χ2n) is 7.14. The van der Waals surface area contributed by atoms with E-state index in [1.54, 1.807) is 6.08 Å². The number of hydrogen-bond donors (Lipinski definition) is 0. The van der Waals surface area contributed by atoms with Gasteiger partial charge in [-0.2, -0.15) is 0 Å². The average Bonchev–Trinajstić information content (AvgIpc) is 2.49. The van der Waals surface area contributed by atoms with Crippen LogP contribution in [0.5, 0.6) is 0 Å². The molecule has 0 aromatic rings. The van der Waals surface area contributed by atoms with Gasteiger partial charge in [0.2, 0.25) is 0 Å². The van der Waals surface area contributed by atoms with Gasteiger partial charge in [0, 0.05) is 12.8 Å². The maximum Gasteiger partial charge on any atom is 0.324 e. The van der Waals surface area contributed by atoms with Crippen LogP contribution in [0, 0.1) is 22.8 Å². The fourth-order valence-corrected chi connectivity index (χ4v) is 3.49. The molecular formula is C19H28O3Si. The second kappa shape index (κ2) is 8.31. The van der Waals surface area contributed by atoms with Crippen molar-refractivity contribution in [1.29, 1.82) is 0 Å². The van der Waals surface area contributed by atoms with Gasteiger partial charge < -0.3 is 4.74 Å². The summed E-state index contributed by atoms with van der Waals surface area (Å²) in [5, 5.41) is 0. The fourth-order valence-electron chi connectivity index (χ4n) is 2.90. The van der Waals surface area contributed by atoms with Crippen LogP contribution in [0.4, 0.5) is 0 Å². The second-order valence-corrected chi connectivity index (χ2v) is 11.9. The highest BCUT2D eigenvalue weighted by atomic mass is 28.3. The lowest BCUT2D eigenvalue weighted by atomic mass is 9.64. The normalized spacial score (nSPS) is 24.9. The number of hydrogen-bond acceptors (Lipinski definition) is 3. The van der Waals surface area contributed by atoms with E-state index >= 15 is 0 Å². The predicted molar refractivity (Wildman–Crippen MR) is 96.5 cm³/mol. The van der Waals surface area contributed by atoms with E-state index in [1.165, 1.54) is 7.11 Å². The SMILES string of the molecule is C=C/C=C/CC[C@@H]1CC(=O)CC[C@@]1(C#C[Si](C)(C)C)C(=O)OC. The maximum absolute atomic E-state index is 12.6. The van der Waals surface area contributed by atoms with Crippen LogP contribution in [0.3, 0.4) is 0 Å². The van der Waals surface area contributed by atoms with Gasteiger partial charge in [-0.15, -0.1) is 5.54 Å². The van der Waals surface area contributed by atoms with Gasteiger partial charge in [0.15, 0.2) is 0 Å². The highest BCUT2D eigenvalue weighted by molar-refractivity contribution is 6.83. The monoisotopic (exact) mass is 332 g/mol. The first-order chi connectivity index (χ1) is 10.7. The van der Waals surface area contributed by atoms with Crippen molar-refractivity contribution in [2.45, 2.75) is 51.7 Å². The number of allylic oxidation sites excluding steroid dienone is 3. The molecule has 0 aliphatic heterocycles. The van der Waals surface area contributed by atoms with Crippen molar-refractivity contribution in [3.05, 3.63) is 24.8 Å². The first-order valence-corrected chi connectivity index (χ1v) is 11.7. The van der Waals surface area contributed by atoms with Crippen LogP contribution in [0.25, 0.3) is 0 Å². The molecule has 1 aliphatic rings. The third-order valence-corrected chi connectivity index (χ3v) is 5.01. The molecule has 0 saturated heterocycles. The van der Waals surface area contributed by atoms with Crippen LogP contribution in [0.15, 0.2) is 24.8 Å². The Kier molecular flexibility index (Phi) is 7.02. The van der Waals surface area contributed by atoms with Gasteiger partial charge in [0.1, 0.15) is 19.3 Å². The highest BCUT2D eigenvalue weighted by Crippen LogP contribution is 2.43. The number of Topliss-reactive ketones (excluding diaryl/α,β-unsaturated/α-hetero) is 1. The lowest BCUT2D eigenvalue weighted by molar-refractivity contribution is -0.155. The van der Waals surface area contributed by atoms with E-state index in [9.17, 15) is 9.59 Å². The number of ketones is 1. The quantitative estimate of drug-likeness (QED) is 0.332. The number of ether oxygens (including phenoxy) is 1. The van der Waals surface area contributed by atoms with Crippen molar-refractivity contribution in [3.8, 4) is 11.5 Å².